The normalized spacial score (nSPS) is 29.4. The van der Waals surface area contributed by atoms with Crippen molar-refractivity contribution >= 4 is 0 Å². The van der Waals surface area contributed by atoms with Gasteiger partial charge in [0.25, 0.3) is 0 Å². The van der Waals surface area contributed by atoms with Gasteiger partial charge in [-0.05, 0) is 11.5 Å². The maximum atomic E-state index is 10.1. The van der Waals surface area contributed by atoms with E-state index in [-0.39, 0.29) is 25.7 Å². The van der Waals surface area contributed by atoms with Crippen LogP contribution in [0.5, 0.6) is 0 Å². The Kier molecular flexibility index (Phi) is 9.22. The highest BCUT2D eigenvalue weighted by Gasteiger charge is 2.44. The molecule has 0 bridgehead atoms. The number of aliphatic hydroxyl groups is 5. The molecule has 5 N–H and O–H groups in total. The van der Waals surface area contributed by atoms with Crippen LogP contribution < -0.4 is 0 Å². The fourth-order valence-corrected chi connectivity index (χ4v) is 2.64. The molecule has 1 aliphatic heterocycles. The van der Waals surface area contributed by atoms with Gasteiger partial charge in [-0.25, -0.2) is 0 Å². The lowest BCUT2D eigenvalue weighted by Gasteiger charge is -2.40. The number of rotatable bonds is 10. The van der Waals surface area contributed by atoms with Crippen LogP contribution in [0.4, 0.5) is 0 Å². The Hall–Kier alpha value is -1.14. The molecule has 0 spiro atoms. The molecule has 6 unspecified atom stereocenters. The van der Waals surface area contributed by atoms with E-state index in [1.165, 1.54) is 0 Å². The average Bonchev–Trinajstić information content (AvgIpc) is 2.67. The molecule has 1 fully saturated rings. The van der Waals surface area contributed by atoms with Gasteiger partial charge in [0.1, 0.15) is 24.4 Å². The summed E-state index contributed by atoms with van der Waals surface area (Å²) in [7, 11) is 0. The maximum absolute atomic E-state index is 10.1. The molecule has 0 saturated carbocycles. The van der Waals surface area contributed by atoms with Crippen molar-refractivity contribution in [3.8, 4) is 0 Å². The maximum Gasteiger partial charge on any atom is 0.209 e. The second-order valence-corrected chi connectivity index (χ2v) is 7.15. The molecule has 2 rings (SSSR count). The van der Waals surface area contributed by atoms with Crippen molar-refractivity contribution in [2.45, 2.75) is 63.7 Å². The van der Waals surface area contributed by atoms with Gasteiger partial charge in [-0.1, -0.05) is 44.2 Å². The minimum atomic E-state index is -1.89. The lowest BCUT2D eigenvalue weighted by atomic mass is 9.99. The van der Waals surface area contributed by atoms with E-state index >= 15 is 0 Å². The molecule has 6 atom stereocenters. The molecule has 0 aliphatic carbocycles. The van der Waals surface area contributed by atoms with Crippen molar-refractivity contribution in [1.29, 1.82) is 0 Å². The average molecular weight is 402 g/mol. The molecule has 28 heavy (non-hydrogen) atoms. The van der Waals surface area contributed by atoms with Crippen LogP contribution in [0, 0.1) is 5.92 Å². The highest BCUT2D eigenvalue weighted by atomic mass is 16.7. The van der Waals surface area contributed by atoms with Gasteiger partial charge >= 0.3 is 0 Å². The van der Waals surface area contributed by atoms with Gasteiger partial charge in [-0.15, -0.1) is 0 Å². The lowest BCUT2D eigenvalue weighted by molar-refractivity contribution is -0.321. The molecule has 9 heteroatoms. The molecule has 9 nitrogen and oxygen atoms in total. The third-order valence-corrected chi connectivity index (χ3v) is 4.19. The summed E-state index contributed by atoms with van der Waals surface area (Å²) in [5, 5.41) is 49.1. The standard InChI is InChI=1S/C19H30O9/c1-11(2)8-25-19(17(23)24)27-10-13-14(20)15(21)16(22)18(28-13)26-9-12-6-4-3-5-7-12/h3-7,11,13-24H,8-10H2,1-2H3. The van der Waals surface area contributed by atoms with E-state index in [2.05, 4.69) is 0 Å². The van der Waals surface area contributed by atoms with Gasteiger partial charge in [0.15, 0.2) is 6.29 Å². The largest absolute Gasteiger partial charge is 0.387 e. The van der Waals surface area contributed by atoms with Crippen LogP contribution in [0.15, 0.2) is 30.3 Å². The van der Waals surface area contributed by atoms with Gasteiger partial charge in [0.2, 0.25) is 12.6 Å². The van der Waals surface area contributed by atoms with E-state index in [1.807, 2.05) is 44.2 Å². The van der Waals surface area contributed by atoms with Crippen molar-refractivity contribution in [3.05, 3.63) is 35.9 Å². The Bertz CT molecular complexity index is 554. The summed E-state index contributed by atoms with van der Waals surface area (Å²) in [6.07, 6.45) is -9.91. The van der Waals surface area contributed by atoms with Crippen LogP contribution in [0.25, 0.3) is 0 Å². The molecule has 1 saturated heterocycles. The topological polar surface area (TPSA) is 138 Å². The summed E-state index contributed by atoms with van der Waals surface area (Å²) < 4.78 is 21.6. The molecular formula is C19H30O9. The highest BCUT2D eigenvalue weighted by molar-refractivity contribution is 5.13. The molecule has 0 aromatic heterocycles. The van der Waals surface area contributed by atoms with Crippen LogP contribution in [-0.4, -0.2) is 82.0 Å². The fraction of sp³-hybridized carbons (Fsp3) is 0.684. The van der Waals surface area contributed by atoms with Crippen LogP contribution in [0.3, 0.4) is 0 Å². The molecule has 1 aliphatic rings. The Labute approximate surface area is 164 Å². The van der Waals surface area contributed by atoms with Gasteiger partial charge in [-0.3, -0.25) is 0 Å². The summed E-state index contributed by atoms with van der Waals surface area (Å²) in [6.45, 7) is 3.84. The third-order valence-electron chi connectivity index (χ3n) is 4.19. The van der Waals surface area contributed by atoms with E-state index in [4.69, 9.17) is 18.9 Å². The minimum absolute atomic E-state index is 0.133. The van der Waals surface area contributed by atoms with Crippen LogP contribution in [0.1, 0.15) is 19.4 Å². The SMILES string of the molecule is CC(C)COC(OCC1OC(OCc2ccccc2)C(O)C(O)C1O)C(O)O. The van der Waals surface area contributed by atoms with Crippen molar-refractivity contribution in [2.24, 2.45) is 5.92 Å². The molecule has 160 valence electrons. The highest BCUT2D eigenvalue weighted by Crippen LogP contribution is 2.24. The molecule has 0 radical (unpaired) electrons. The van der Waals surface area contributed by atoms with Gasteiger partial charge in [0.05, 0.1) is 19.8 Å². The summed E-state index contributed by atoms with van der Waals surface area (Å²) in [6, 6.07) is 9.20. The monoisotopic (exact) mass is 402 g/mol. The molecule has 0 amide bonds. The molecule has 1 heterocycles. The summed E-state index contributed by atoms with van der Waals surface area (Å²) in [5.41, 5.74) is 0.845. The first-order valence-corrected chi connectivity index (χ1v) is 9.24. The number of aliphatic hydroxyl groups excluding tert-OH is 4. The third kappa shape index (κ3) is 6.73. The van der Waals surface area contributed by atoms with E-state index in [0.29, 0.717) is 0 Å². The quantitative estimate of drug-likeness (QED) is 0.323. The van der Waals surface area contributed by atoms with E-state index in [9.17, 15) is 25.5 Å². The Morgan fingerprint density at radius 1 is 0.964 bits per heavy atom. The van der Waals surface area contributed by atoms with Crippen molar-refractivity contribution in [3.63, 3.8) is 0 Å². The number of ether oxygens (including phenoxy) is 4. The predicted octanol–water partition coefficient (Wildman–Crippen LogP) is -0.663. The number of hydrogen-bond acceptors (Lipinski definition) is 9. The van der Waals surface area contributed by atoms with Crippen LogP contribution in [-0.2, 0) is 25.6 Å². The Balaban J connectivity index is 1.92. The smallest absolute Gasteiger partial charge is 0.209 e. The first-order valence-electron chi connectivity index (χ1n) is 9.24. The van der Waals surface area contributed by atoms with Crippen LogP contribution in [0.2, 0.25) is 0 Å². The number of hydrogen-bond donors (Lipinski definition) is 5. The second kappa shape index (κ2) is 11.1. The fourth-order valence-electron chi connectivity index (χ4n) is 2.64. The zero-order valence-corrected chi connectivity index (χ0v) is 16.0. The molecule has 1 aromatic rings. The predicted molar refractivity (Wildman–Crippen MR) is 96.7 cm³/mol. The van der Waals surface area contributed by atoms with E-state index in [0.717, 1.165) is 5.56 Å². The zero-order valence-electron chi connectivity index (χ0n) is 16.0. The van der Waals surface area contributed by atoms with Crippen molar-refractivity contribution in [2.75, 3.05) is 13.2 Å². The summed E-state index contributed by atoms with van der Waals surface area (Å²) in [4.78, 5) is 0. The Morgan fingerprint density at radius 2 is 1.64 bits per heavy atom. The van der Waals surface area contributed by atoms with Gasteiger partial charge in [-0.2, -0.15) is 0 Å². The lowest BCUT2D eigenvalue weighted by Crippen LogP contribution is -2.59. The van der Waals surface area contributed by atoms with Crippen LogP contribution >= 0.6 is 0 Å². The number of benzene rings is 1. The summed E-state index contributed by atoms with van der Waals surface area (Å²) >= 11 is 0. The van der Waals surface area contributed by atoms with E-state index in [1.54, 1.807) is 0 Å². The molecule has 1 aromatic carbocycles. The first kappa shape index (κ1) is 23.1. The van der Waals surface area contributed by atoms with Gasteiger partial charge < -0.3 is 44.5 Å². The molecular weight excluding hydrogens is 372 g/mol. The minimum Gasteiger partial charge on any atom is -0.387 e. The zero-order chi connectivity index (χ0) is 20.7. The Morgan fingerprint density at radius 3 is 2.25 bits per heavy atom. The van der Waals surface area contributed by atoms with Crippen molar-refractivity contribution in [1.82, 2.24) is 0 Å². The van der Waals surface area contributed by atoms with Gasteiger partial charge in [0, 0.05) is 0 Å². The first-order chi connectivity index (χ1) is 13.3. The summed E-state index contributed by atoms with van der Waals surface area (Å²) in [5.74, 6) is 0.147. The van der Waals surface area contributed by atoms with Crippen molar-refractivity contribution < 1.29 is 44.5 Å². The van der Waals surface area contributed by atoms with E-state index < -0.39 is 43.3 Å². The second-order valence-electron chi connectivity index (χ2n) is 7.15.